The van der Waals surface area contributed by atoms with E-state index in [2.05, 4.69) is 5.32 Å². The van der Waals surface area contributed by atoms with Crippen molar-refractivity contribution >= 4 is 23.3 Å². The molecule has 0 saturated carbocycles. The Labute approximate surface area is 171 Å². The summed E-state index contributed by atoms with van der Waals surface area (Å²) in [4.78, 5) is 36.8. The van der Waals surface area contributed by atoms with Gasteiger partial charge in [0.05, 0.1) is 6.42 Å². The number of Topliss-reactive ketones (excluding diaryl/α,β-unsaturated/α-hetero) is 1. The van der Waals surface area contributed by atoms with E-state index in [1.807, 2.05) is 50.2 Å². The van der Waals surface area contributed by atoms with Crippen molar-refractivity contribution in [3.63, 3.8) is 0 Å². The molecule has 1 N–H and O–H groups in total. The van der Waals surface area contributed by atoms with Gasteiger partial charge in [-0.15, -0.1) is 0 Å². The monoisotopic (exact) mass is 393 g/mol. The van der Waals surface area contributed by atoms with Crippen LogP contribution in [-0.4, -0.2) is 23.8 Å². The minimum atomic E-state index is -0.932. The third kappa shape index (κ3) is 5.31. The topological polar surface area (TPSA) is 72.5 Å². The summed E-state index contributed by atoms with van der Waals surface area (Å²) in [7, 11) is 0. The Morgan fingerprint density at radius 3 is 2.52 bits per heavy atom. The van der Waals surface area contributed by atoms with Gasteiger partial charge < -0.3 is 10.1 Å². The molecule has 0 fully saturated rings. The molecule has 1 aliphatic carbocycles. The fourth-order valence-electron chi connectivity index (χ4n) is 3.60. The van der Waals surface area contributed by atoms with Crippen molar-refractivity contribution in [1.29, 1.82) is 0 Å². The summed E-state index contributed by atoms with van der Waals surface area (Å²) < 4.78 is 5.21. The van der Waals surface area contributed by atoms with Gasteiger partial charge in [0, 0.05) is 17.7 Å². The first-order valence-electron chi connectivity index (χ1n) is 10.1. The number of anilines is 1. The van der Waals surface area contributed by atoms with Gasteiger partial charge in [0.15, 0.2) is 11.9 Å². The van der Waals surface area contributed by atoms with Gasteiger partial charge in [0.25, 0.3) is 5.91 Å². The van der Waals surface area contributed by atoms with Gasteiger partial charge in [0.2, 0.25) is 0 Å². The highest BCUT2D eigenvalue weighted by molar-refractivity contribution is 5.98. The molecule has 0 saturated heterocycles. The standard InChI is InChI=1S/C24H27NO4/c1-15-7-10-21(16(2)13-15)25-24(28)17(3)29-23(27)12-11-22(26)20-9-8-18-5-4-6-19(18)14-20/h7-10,13-14,17H,4-6,11-12H2,1-3H3,(H,25,28)/t17-/m1/s1. The molecule has 1 aliphatic rings. The normalized spacial score (nSPS) is 13.5. The van der Waals surface area contributed by atoms with Crippen molar-refractivity contribution in [3.8, 4) is 0 Å². The molecule has 0 bridgehead atoms. The second kappa shape index (κ2) is 9.03. The van der Waals surface area contributed by atoms with E-state index in [1.54, 1.807) is 0 Å². The molecular weight excluding hydrogens is 366 g/mol. The number of amides is 1. The van der Waals surface area contributed by atoms with Crippen molar-refractivity contribution in [2.45, 2.75) is 59.0 Å². The lowest BCUT2D eigenvalue weighted by Crippen LogP contribution is -2.30. The lowest BCUT2D eigenvalue weighted by atomic mass is 10.0. The maximum atomic E-state index is 12.4. The van der Waals surface area contributed by atoms with Crippen molar-refractivity contribution in [2.75, 3.05) is 5.32 Å². The van der Waals surface area contributed by atoms with Crippen LogP contribution >= 0.6 is 0 Å². The Morgan fingerprint density at radius 2 is 1.76 bits per heavy atom. The van der Waals surface area contributed by atoms with Crippen LogP contribution in [0.4, 0.5) is 5.69 Å². The number of carbonyl (C=O) groups is 3. The number of esters is 1. The molecule has 0 aromatic heterocycles. The Morgan fingerprint density at radius 1 is 1.00 bits per heavy atom. The lowest BCUT2D eigenvalue weighted by molar-refractivity contribution is -0.153. The molecule has 0 unspecified atom stereocenters. The molecule has 1 amide bonds. The number of ketones is 1. The molecular formula is C24H27NO4. The van der Waals surface area contributed by atoms with Gasteiger partial charge in [-0.25, -0.2) is 0 Å². The number of hydrogen-bond donors (Lipinski definition) is 1. The third-order valence-corrected chi connectivity index (χ3v) is 5.29. The predicted octanol–water partition coefficient (Wildman–Crippen LogP) is 4.33. The summed E-state index contributed by atoms with van der Waals surface area (Å²) in [5.41, 5.74) is 5.92. The first-order valence-corrected chi connectivity index (χ1v) is 10.1. The van der Waals surface area contributed by atoms with Gasteiger partial charge in [-0.2, -0.15) is 0 Å². The van der Waals surface area contributed by atoms with E-state index in [-0.39, 0.29) is 18.6 Å². The van der Waals surface area contributed by atoms with Gasteiger partial charge in [-0.05, 0) is 68.9 Å². The summed E-state index contributed by atoms with van der Waals surface area (Å²) in [6.45, 7) is 5.41. The molecule has 2 aromatic rings. The number of rotatable bonds is 7. The maximum absolute atomic E-state index is 12.4. The summed E-state index contributed by atoms with van der Waals surface area (Å²) in [5.74, 6) is -1.03. The molecule has 2 aromatic carbocycles. The van der Waals surface area contributed by atoms with Gasteiger partial charge in [-0.1, -0.05) is 29.8 Å². The van der Waals surface area contributed by atoms with Crippen LogP contribution in [0.3, 0.4) is 0 Å². The van der Waals surface area contributed by atoms with Crippen LogP contribution in [0, 0.1) is 13.8 Å². The van der Waals surface area contributed by atoms with Crippen molar-refractivity contribution < 1.29 is 19.1 Å². The number of ether oxygens (including phenoxy) is 1. The van der Waals surface area contributed by atoms with E-state index in [9.17, 15) is 14.4 Å². The Balaban J connectivity index is 1.48. The molecule has 3 rings (SSSR count). The molecule has 5 heteroatoms. The van der Waals surface area contributed by atoms with Gasteiger partial charge >= 0.3 is 5.97 Å². The molecule has 0 heterocycles. The Kier molecular flexibility index (Phi) is 6.47. The highest BCUT2D eigenvalue weighted by Gasteiger charge is 2.20. The number of aryl methyl sites for hydroxylation is 4. The van der Waals surface area contributed by atoms with E-state index < -0.39 is 18.0 Å². The molecule has 152 valence electrons. The van der Waals surface area contributed by atoms with Crippen molar-refractivity contribution in [1.82, 2.24) is 0 Å². The molecule has 1 atom stereocenters. The van der Waals surface area contributed by atoms with Crippen LogP contribution in [-0.2, 0) is 27.2 Å². The highest BCUT2D eigenvalue weighted by Crippen LogP contribution is 2.23. The quantitative estimate of drug-likeness (QED) is 0.561. The Bertz CT molecular complexity index is 948. The zero-order chi connectivity index (χ0) is 21.0. The number of nitrogens with one attached hydrogen (secondary N) is 1. The zero-order valence-electron chi connectivity index (χ0n) is 17.2. The number of carbonyl (C=O) groups excluding carboxylic acids is 3. The minimum absolute atomic E-state index is 0.0445. The Hall–Kier alpha value is -2.95. The first-order chi connectivity index (χ1) is 13.8. The fourth-order valence-corrected chi connectivity index (χ4v) is 3.60. The van der Waals surface area contributed by atoms with E-state index in [1.165, 1.54) is 18.1 Å². The maximum Gasteiger partial charge on any atom is 0.307 e. The molecule has 0 spiro atoms. The van der Waals surface area contributed by atoms with Crippen LogP contribution in [0.25, 0.3) is 0 Å². The number of fused-ring (bicyclic) bond motifs is 1. The summed E-state index contributed by atoms with van der Waals surface area (Å²) in [6.07, 6.45) is 2.30. The van der Waals surface area contributed by atoms with E-state index in [0.717, 1.165) is 30.4 Å². The van der Waals surface area contributed by atoms with Crippen molar-refractivity contribution in [3.05, 3.63) is 64.2 Å². The van der Waals surface area contributed by atoms with Gasteiger partial charge in [0.1, 0.15) is 0 Å². The van der Waals surface area contributed by atoms with E-state index in [4.69, 9.17) is 4.74 Å². The van der Waals surface area contributed by atoms with Crippen molar-refractivity contribution in [2.24, 2.45) is 0 Å². The highest BCUT2D eigenvalue weighted by atomic mass is 16.5. The summed E-state index contributed by atoms with van der Waals surface area (Å²) in [6, 6.07) is 11.5. The smallest absolute Gasteiger partial charge is 0.307 e. The predicted molar refractivity (Wildman–Crippen MR) is 112 cm³/mol. The lowest BCUT2D eigenvalue weighted by Gasteiger charge is -2.15. The molecule has 29 heavy (non-hydrogen) atoms. The minimum Gasteiger partial charge on any atom is -0.453 e. The zero-order valence-corrected chi connectivity index (χ0v) is 17.2. The third-order valence-electron chi connectivity index (χ3n) is 5.29. The molecule has 5 nitrogen and oxygen atoms in total. The molecule has 0 aliphatic heterocycles. The number of hydrogen-bond acceptors (Lipinski definition) is 4. The van der Waals surface area contributed by atoms with E-state index >= 15 is 0 Å². The SMILES string of the molecule is Cc1ccc(NC(=O)[C@@H](C)OC(=O)CCC(=O)c2ccc3c(c2)CCC3)c(C)c1. The van der Waals surface area contributed by atoms with Gasteiger partial charge in [-0.3, -0.25) is 14.4 Å². The fraction of sp³-hybridized carbons (Fsp3) is 0.375. The van der Waals surface area contributed by atoms with Crippen LogP contribution in [0.15, 0.2) is 36.4 Å². The second-order valence-corrected chi connectivity index (χ2v) is 7.70. The van der Waals surface area contributed by atoms with E-state index in [0.29, 0.717) is 11.3 Å². The molecule has 0 radical (unpaired) electrons. The van der Waals surface area contributed by atoms with Crippen LogP contribution in [0.5, 0.6) is 0 Å². The van der Waals surface area contributed by atoms with Crippen LogP contribution < -0.4 is 5.32 Å². The largest absolute Gasteiger partial charge is 0.453 e. The van der Waals surface area contributed by atoms with Crippen LogP contribution in [0.1, 0.15) is 58.8 Å². The number of benzene rings is 2. The first kappa shape index (κ1) is 20.8. The second-order valence-electron chi connectivity index (χ2n) is 7.70. The average molecular weight is 393 g/mol. The average Bonchev–Trinajstić information content (AvgIpc) is 3.16. The summed E-state index contributed by atoms with van der Waals surface area (Å²) in [5, 5.41) is 2.77. The van der Waals surface area contributed by atoms with Crippen LogP contribution in [0.2, 0.25) is 0 Å². The summed E-state index contributed by atoms with van der Waals surface area (Å²) >= 11 is 0.